The number of carbonyl (C=O) groups is 1. The van der Waals surface area contributed by atoms with Crippen LogP contribution in [0.15, 0.2) is 5.38 Å². The van der Waals surface area contributed by atoms with E-state index in [1.54, 1.807) is 0 Å². The number of anilines is 1. The van der Waals surface area contributed by atoms with Gasteiger partial charge in [-0.15, -0.1) is 11.3 Å². The Morgan fingerprint density at radius 3 is 3.17 bits per heavy atom. The summed E-state index contributed by atoms with van der Waals surface area (Å²) in [5, 5.41) is 14.8. The zero-order chi connectivity index (χ0) is 13.1. The number of carboxylic acid groups (broad SMARTS) is 1. The van der Waals surface area contributed by atoms with E-state index in [4.69, 9.17) is 5.11 Å². The Hall–Kier alpha value is -1.14. The zero-order valence-corrected chi connectivity index (χ0v) is 11.5. The standard InChI is InChI=1S/C12H19N3O2S/c1-8-5-9(3-4-15(8)2)13-12-14-10(7-18-12)6-11(16)17/h7-9H,3-6H2,1-2H3,(H,13,14)(H,16,17). The number of aliphatic carboxylic acids is 1. The molecule has 1 fully saturated rings. The molecule has 0 aliphatic carbocycles. The predicted molar refractivity (Wildman–Crippen MR) is 72.2 cm³/mol. The van der Waals surface area contributed by atoms with Crippen LogP contribution in [-0.4, -0.2) is 46.6 Å². The van der Waals surface area contributed by atoms with E-state index >= 15 is 0 Å². The molecule has 2 rings (SSSR count). The van der Waals surface area contributed by atoms with Crippen LogP contribution in [0.3, 0.4) is 0 Å². The first-order valence-electron chi connectivity index (χ1n) is 6.17. The van der Waals surface area contributed by atoms with Crippen molar-refractivity contribution in [1.82, 2.24) is 9.88 Å². The molecule has 1 aliphatic heterocycles. The summed E-state index contributed by atoms with van der Waals surface area (Å²) in [6.45, 7) is 3.32. The molecule has 1 aromatic heterocycles. The van der Waals surface area contributed by atoms with Crippen LogP contribution in [0.1, 0.15) is 25.5 Å². The normalized spacial score (nSPS) is 25.0. The largest absolute Gasteiger partial charge is 0.481 e. The Bertz CT molecular complexity index is 421. The molecule has 2 atom stereocenters. The van der Waals surface area contributed by atoms with Crippen LogP contribution in [0, 0.1) is 0 Å². The number of piperidine rings is 1. The topological polar surface area (TPSA) is 65.5 Å². The third-order valence-corrected chi connectivity index (χ3v) is 4.24. The summed E-state index contributed by atoms with van der Waals surface area (Å²) >= 11 is 1.49. The molecule has 6 heteroatoms. The van der Waals surface area contributed by atoms with Crippen molar-refractivity contribution in [3.8, 4) is 0 Å². The molecule has 0 saturated carbocycles. The van der Waals surface area contributed by atoms with Gasteiger partial charge < -0.3 is 15.3 Å². The van der Waals surface area contributed by atoms with Gasteiger partial charge in [0.15, 0.2) is 5.13 Å². The number of hydrogen-bond acceptors (Lipinski definition) is 5. The first kappa shape index (κ1) is 13.3. The monoisotopic (exact) mass is 269 g/mol. The van der Waals surface area contributed by atoms with E-state index in [9.17, 15) is 4.79 Å². The molecule has 100 valence electrons. The van der Waals surface area contributed by atoms with Crippen molar-refractivity contribution in [3.63, 3.8) is 0 Å². The first-order chi connectivity index (χ1) is 8.54. The molecule has 2 unspecified atom stereocenters. The van der Waals surface area contributed by atoms with Crippen LogP contribution in [0.25, 0.3) is 0 Å². The van der Waals surface area contributed by atoms with E-state index in [-0.39, 0.29) is 6.42 Å². The van der Waals surface area contributed by atoms with Gasteiger partial charge in [0, 0.05) is 24.0 Å². The van der Waals surface area contributed by atoms with Gasteiger partial charge in [0.05, 0.1) is 12.1 Å². The Kier molecular flexibility index (Phi) is 4.19. The van der Waals surface area contributed by atoms with Gasteiger partial charge in [-0.25, -0.2) is 4.98 Å². The average Bonchev–Trinajstić information content (AvgIpc) is 2.70. The van der Waals surface area contributed by atoms with Crippen molar-refractivity contribution in [1.29, 1.82) is 0 Å². The predicted octanol–water partition coefficient (Wildman–Crippen LogP) is 1.66. The van der Waals surface area contributed by atoms with Crippen molar-refractivity contribution in [2.75, 3.05) is 18.9 Å². The summed E-state index contributed by atoms with van der Waals surface area (Å²) < 4.78 is 0. The second-order valence-corrected chi connectivity index (χ2v) is 5.77. The quantitative estimate of drug-likeness (QED) is 0.870. The zero-order valence-electron chi connectivity index (χ0n) is 10.7. The van der Waals surface area contributed by atoms with Gasteiger partial charge in [0.2, 0.25) is 0 Å². The lowest BCUT2D eigenvalue weighted by atomic mass is 9.99. The fraction of sp³-hybridized carbons (Fsp3) is 0.667. The molecule has 2 heterocycles. The van der Waals surface area contributed by atoms with Crippen molar-refractivity contribution in [3.05, 3.63) is 11.1 Å². The van der Waals surface area contributed by atoms with E-state index in [1.165, 1.54) is 11.3 Å². The molecule has 0 amide bonds. The number of nitrogens with one attached hydrogen (secondary N) is 1. The highest BCUT2D eigenvalue weighted by Crippen LogP contribution is 2.22. The van der Waals surface area contributed by atoms with E-state index in [1.807, 2.05) is 5.38 Å². The van der Waals surface area contributed by atoms with Crippen molar-refractivity contribution >= 4 is 22.4 Å². The lowest BCUT2D eigenvalue weighted by molar-refractivity contribution is -0.136. The summed E-state index contributed by atoms with van der Waals surface area (Å²) in [5.41, 5.74) is 0.635. The maximum Gasteiger partial charge on any atom is 0.309 e. The Balaban J connectivity index is 1.89. The summed E-state index contributed by atoms with van der Waals surface area (Å²) in [6.07, 6.45) is 2.21. The third-order valence-electron chi connectivity index (χ3n) is 3.42. The van der Waals surface area contributed by atoms with E-state index in [0.29, 0.717) is 17.8 Å². The highest BCUT2D eigenvalue weighted by atomic mass is 32.1. The van der Waals surface area contributed by atoms with E-state index in [2.05, 4.69) is 29.2 Å². The Morgan fingerprint density at radius 2 is 2.50 bits per heavy atom. The highest BCUT2D eigenvalue weighted by Gasteiger charge is 2.23. The summed E-state index contributed by atoms with van der Waals surface area (Å²) in [6, 6.07) is 1.02. The molecule has 1 saturated heterocycles. The number of thiazole rings is 1. The first-order valence-corrected chi connectivity index (χ1v) is 7.05. The van der Waals surface area contributed by atoms with Gasteiger partial charge >= 0.3 is 5.97 Å². The molecule has 1 aliphatic rings. The van der Waals surface area contributed by atoms with Crippen LogP contribution >= 0.6 is 11.3 Å². The third kappa shape index (κ3) is 3.43. The molecule has 0 aromatic carbocycles. The SMILES string of the molecule is CC1CC(Nc2nc(CC(=O)O)cs2)CCN1C. The Morgan fingerprint density at radius 1 is 1.72 bits per heavy atom. The number of rotatable bonds is 4. The number of likely N-dealkylation sites (tertiary alicyclic amines) is 1. The van der Waals surface area contributed by atoms with E-state index < -0.39 is 5.97 Å². The number of nitrogens with zero attached hydrogens (tertiary/aromatic N) is 2. The maximum atomic E-state index is 10.6. The van der Waals surface area contributed by atoms with Crippen LogP contribution in [0.5, 0.6) is 0 Å². The minimum Gasteiger partial charge on any atom is -0.481 e. The molecule has 18 heavy (non-hydrogen) atoms. The maximum absolute atomic E-state index is 10.6. The lowest BCUT2D eigenvalue weighted by Gasteiger charge is -2.35. The van der Waals surface area contributed by atoms with E-state index in [0.717, 1.165) is 24.5 Å². The van der Waals surface area contributed by atoms with Gasteiger partial charge in [-0.05, 0) is 26.8 Å². The summed E-state index contributed by atoms with van der Waals surface area (Å²) in [5.74, 6) is -0.834. The number of carboxylic acids is 1. The second kappa shape index (κ2) is 5.67. The molecule has 0 radical (unpaired) electrons. The van der Waals surface area contributed by atoms with Gasteiger partial charge in [-0.1, -0.05) is 0 Å². The molecule has 0 bridgehead atoms. The highest BCUT2D eigenvalue weighted by molar-refractivity contribution is 7.13. The van der Waals surface area contributed by atoms with Crippen LogP contribution in [0.2, 0.25) is 0 Å². The van der Waals surface area contributed by atoms with Gasteiger partial charge in [0.1, 0.15) is 0 Å². The number of aromatic nitrogens is 1. The van der Waals surface area contributed by atoms with Crippen LogP contribution in [0.4, 0.5) is 5.13 Å². The molecular weight excluding hydrogens is 250 g/mol. The molecule has 2 N–H and O–H groups in total. The smallest absolute Gasteiger partial charge is 0.309 e. The second-order valence-electron chi connectivity index (χ2n) is 4.91. The van der Waals surface area contributed by atoms with Gasteiger partial charge in [0.25, 0.3) is 0 Å². The van der Waals surface area contributed by atoms with Crippen LogP contribution in [-0.2, 0) is 11.2 Å². The lowest BCUT2D eigenvalue weighted by Crippen LogP contribution is -2.42. The van der Waals surface area contributed by atoms with Crippen molar-refractivity contribution in [2.24, 2.45) is 0 Å². The fourth-order valence-corrected chi connectivity index (χ4v) is 2.99. The van der Waals surface area contributed by atoms with Crippen molar-refractivity contribution in [2.45, 2.75) is 38.3 Å². The van der Waals surface area contributed by atoms with Gasteiger partial charge in [-0.2, -0.15) is 0 Å². The molecular formula is C12H19N3O2S. The number of hydrogen-bond donors (Lipinski definition) is 2. The Labute approximate surface area is 111 Å². The fourth-order valence-electron chi connectivity index (χ4n) is 2.20. The minimum absolute atomic E-state index is 0.00197. The molecule has 1 aromatic rings. The minimum atomic E-state index is -0.834. The van der Waals surface area contributed by atoms with Crippen LogP contribution < -0.4 is 5.32 Å². The molecule has 0 spiro atoms. The molecule has 5 nitrogen and oxygen atoms in total. The van der Waals surface area contributed by atoms with Crippen molar-refractivity contribution < 1.29 is 9.90 Å². The average molecular weight is 269 g/mol. The summed E-state index contributed by atoms with van der Waals surface area (Å²) in [7, 11) is 2.15. The van der Waals surface area contributed by atoms with Gasteiger partial charge in [-0.3, -0.25) is 4.79 Å². The summed E-state index contributed by atoms with van der Waals surface area (Å²) in [4.78, 5) is 17.2.